The molecule has 0 aromatic heterocycles. The minimum atomic E-state index is 0.499. The molecule has 0 radical (unpaired) electrons. The Morgan fingerprint density at radius 3 is 2.53 bits per heavy atom. The molecule has 4 heteroatoms. The summed E-state index contributed by atoms with van der Waals surface area (Å²) in [5.74, 6) is 8.09. The number of hydrogen-bond acceptors (Lipinski definition) is 2. The third kappa shape index (κ3) is 3.12. The second kappa shape index (κ2) is 5.71. The monoisotopic (exact) mass is 238 g/mol. The summed E-state index contributed by atoms with van der Waals surface area (Å²) in [6.45, 7) is 6.81. The van der Waals surface area contributed by atoms with E-state index in [0.29, 0.717) is 6.04 Å². The van der Waals surface area contributed by atoms with E-state index in [2.05, 4.69) is 24.2 Å². The zero-order valence-corrected chi connectivity index (χ0v) is 11.2. The first-order valence-corrected chi connectivity index (χ1v) is 7.00. The Morgan fingerprint density at radius 1 is 1.29 bits per heavy atom. The van der Waals surface area contributed by atoms with Crippen molar-refractivity contribution in [3.63, 3.8) is 0 Å². The lowest BCUT2D eigenvalue weighted by atomic mass is 9.95. The number of aliphatic imine (C=N–C) groups is 1. The predicted molar refractivity (Wildman–Crippen MR) is 71.5 cm³/mol. The van der Waals surface area contributed by atoms with Crippen LogP contribution >= 0.6 is 0 Å². The summed E-state index contributed by atoms with van der Waals surface area (Å²) in [5, 5.41) is 0. The molecule has 0 aromatic rings. The molecule has 2 aliphatic rings. The SMILES string of the molecule is CC(C)C1CCN(C(=NC2CCCC2)NN)C1. The minimum Gasteiger partial charge on any atom is -0.342 e. The highest BCUT2D eigenvalue weighted by Crippen LogP contribution is 2.25. The number of nitrogens with two attached hydrogens (primary N) is 1. The summed E-state index contributed by atoms with van der Waals surface area (Å²) in [6.07, 6.45) is 6.36. The molecule has 1 aliphatic heterocycles. The van der Waals surface area contributed by atoms with Gasteiger partial charge in [0.25, 0.3) is 0 Å². The van der Waals surface area contributed by atoms with Crippen molar-refractivity contribution < 1.29 is 0 Å². The fourth-order valence-corrected chi connectivity index (χ4v) is 2.94. The standard InChI is InChI=1S/C13H26N4/c1-10(2)11-7-8-17(9-11)13(16-14)15-12-5-3-4-6-12/h10-12H,3-9,14H2,1-2H3,(H,15,16). The molecule has 1 unspecified atom stereocenters. The molecule has 2 fully saturated rings. The first kappa shape index (κ1) is 12.7. The maximum absolute atomic E-state index is 5.63. The lowest BCUT2D eigenvalue weighted by Crippen LogP contribution is -2.44. The van der Waals surface area contributed by atoms with Gasteiger partial charge in [0, 0.05) is 13.1 Å². The smallest absolute Gasteiger partial charge is 0.208 e. The molecule has 17 heavy (non-hydrogen) atoms. The lowest BCUT2D eigenvalue weighted by Gasteiger charge is -2.22. The van der Waals surface area contributed by atoms with Gasteiger partial charge in [-0.1, -0.05) is 26.7 Å². The molecule has 0 bridgehead atoms. The summed E-state index contributed by atoms with van der Waals surface area (Å²) in [6, 6.07) is 0.499. The number of likely N-dealkylation sites (tertiary alicyclic amines) is 1. The zero-order chi connectivity index (χ0) is 12.3. The average molecular weight is 238 g/mol. The van der Waals surface area contributed by atoms with Crippen molar-refractivity contribution in [3.05, 3.63) is 0 Å². The van der Waals surface area contributed by atoms with Crippen molar-refractivity contribution in [2.75, 3.05) is 13.1 Å². The second-order valence-corrected chi connectivity index (χ2v) is 5.77. The van der Waals surface area contributed by atoms with E-state index in [1.54, 1.807) is 0 Å². The number of hydrogen-bond donors (Lipinski definition) is 2. The molecule has 0 aromatic carbocycles. The van der Waals surface area contributed by atoms with Gasteiger partial charge >= 0.3 is 0 Å². The molecule has 1 atom stereocenters. The molecule has 3 N–H and O–H groups in total. The molecular weight excluding hydrogens is 212 g/mol. The Kier molecular flexibility index (Phi) is 4.26. The van der Waals surface area contributed by atoms with Gasteiger partial charge in [0.1, 0.15) is 0 Å². The number of guanidine groups is 1. The van der Waals surface area contributed by atoms with Crippen molar-refractivity contribution in [1.29, 1.82) is 0 Å². The lowest BCUT2D eigenvalue weighted by molar-refractivity contribution is 0.383. The van der Waals surface area contributed by atoms with Crippen molar-refractivity contribution in [1.82, 2.24) is 10.3 Å². The summed E-state index contributed by atoms with van der Waals surface area (Å²) in [5.41, 5.74) is 2.81. The second-order valence-electron chi connectivity index (χ2n) is 5.77. The largest absolute Gasteiger partial charge is 0.342 e. The topological polar surface area (TPSA) is 53.6 Å². The molecular formula is C13H26N4. The van der Waals surface area contributed by atoms with E-state index in [4.69, 9.17) is 10.8 Å². The average Bonchev–Trinajstić information content (AvgIpc) is 2.96. The Balaban J connectivity index is 1.94. The van der Waals surface area contributed by atoms with Crippen LogP contribution in [0.5, 0.6) is 0 Å². The van der Waals surface area contributed by atoms with Crippen LogP contribution in [-0.2, 0) is 0 Å². The normalized spacial score (nSPS) is 27.2. The zero-order valence-electron chi connectivity index (χ0n) is 11.2. The van der Waals surface area contributed by atoms with Gasteiger partial charge in [0.15, 0.2) is 0 Å². The van der Waals surface area contributed by atoms with Crippen LogP contribution in [-0.4, -0.2) is 30.0 Å². The van der Waals surface area contributed by atoms with Gasteiger partial charge in [-0.3, -0.25) is 5.43 Å². The Morgan fingerprint density at radius 2 is 2.00 bits per heavy atom. The van der Waals surface area contributed by atoms with E-state index in [0.717, 1.165) is 30.9 Å². The fraction of sp³-hybridized carbons (Fsp3) is 0.923. The third-order valence-corrected chi connectivity index (χ3v) is 4.23. The van der Waals surface area contributed by atoms with Gasteiger partial charge in [-0.15, -0.1) is 0 Å². The summed E-state index contributed by atoms with van der Waals surface area (Å²) >= 11 is 0. The molecule has 2 rings (SSSR count). The van der Waals surface area contributed by atoms with Crippen LogP contribution in [0.15, 0.2) is 4.99 Å². The van der Waals surface area contributed by atoms with Crippen LogP contribution < -0.4 is 11.3 Å². The Labute approximate surface area is 105 Å². The Bertz CT molecular complexity index is 269. The Hall–Kier alpha value is -0.770. The maximum atomic E-state index is 5.63. The molecule has 1 heterocycles. The van der Waals surface area contributed by atoms with E-state index in [9.17, 15) is 0 Å². The highest BCUT2D eigenvalue weighted by molar-refractivity contribution is 5.79. The minimum absolute atomic E-state index is 0.499. The van der Waals surface area contributed by atoms with Crippen LogP contribution in [0.2, 0.25) is 0 Å². The van der Waals surface area contributed by atoms with Crippen LogP contribution in [0, 0.1) is 11.8 Å². The summed E-state index contributed by atoms with van der Waals surface area (Å²) in [7, 11) is 0. The first-order valence-electron chi connectivity index (χ1n) is 7.00. The van der Waals surface area contributed by atoms with Crippen LogP contribution in [0.4, 0.5) is 0 Å². The van der Waals surface area contributed by atoms with E-state index in [1.165, 1.54) is 32.1 Å². The van der Waals surface area contributed by atoms with Gasteiger partial charge < -0.3 is 4.90 Å². The van der Waals surface area contributed by atoms with Gasteiger partial charge in [-0.25, -0.2) is 10.8 Å². The number of nitrogens with one attached hydrogen (secondary N) is 1. The van der Waals surface area contributed by atoms with Gasteiger partial charge in [-0.05, 0) is 31.1 Å². The van der Waals surface area contributed by atoms with Crippen molar-refractivity contribution in [2.24, 2.45) is 22.7 Å². The highest BCUT2D eigenvalue weighted by atomic mass is 15.4. The number of nitrogens with zero attached hydrogens (tertiary/aromatic N) is 2. The molecule has 1 saturated carbocycles. The van der Waals surface area contributed by atoms with Gasteiger partial charge in [0.05, 0.1) is 6.04 Å². The fourth-order valence-electron chi connectivity index (χ4n) is 2.94. The van der Waals surface area contributed by atoms with E-state index in [1.807, 2.05) is 0 Å². The van der Waals surface area contributed by atoms with Crippen molar-refractivity contribution in [3.8, 4) is 0 Å². The van der Waals surface area contributed by atoms with Crippen LogP contribution in [0.25, 0.3) is 0 Å². The van der Waals surface area contributed by atoms with E-state index in [-0.39, 0.29) is 0 Å². The quantitative estimate of drug-likeness (QED) is 0.333. The molecule has 0 spiro atoms. The number of hydrazine groups is 1. The summed E-state index contributed by atoms with van der Waals surface area (Å²) < 4.78 is 0. The van der Waals surface area contributed by atoms with Crippen molar-refractivity contribution >= 4 is 5.96 Å². The molecule has 1 saturated heterocycles. The maximum Gasteiger partial charge on any atom is 0.208 e. The third-order valence-electron chi connectivity index (χ3n) is 4.23. The molecule has 1 aliphatic carbocycles. The highest BCUT2D eigenvalue weighted by Gasteiger charge is 2.27. The van der Waals surface area contributed by atoms with Crippen molar-refractivity contribution in [2.45, 2.75) is 52.0 Å². The van der Waals surface area contributed by atoms with Gasteiger partial charge in [-0.2, -0.15) is 0 Å². The molecule has 4 nitrogen and oxygen atoms in total. The van der Waals surface area contributed by atoms with Crippen LogP contribution in [0.3, 0.4) is 0 Å². The van der Waals surface area contributed by atoms with Crippen LogP contribution in [0.1, 0.15) is 46.0 Å². The van der Waals surface area contributed by atoms with Gasteiger partial charge in [0.2, 0.25) is 5.96 Å². The molecule has 0 amide bonds. The summed E-state index contributed by atoms with van der Waals surface area (Å²) in [4.78, 5) is 7.10. The number of rotatable bonds is 2. The van der Waals surface area contributed by atoms with E-state index < -0.39 is 0 Å². The predicted octanol–water partition coefficient (Wildman–Crippen LogP) is 1.73. The molecule has 98 valence electrons. The van der Waals surface area contributed by atoms with E-state index >= 15 is 0 Å². The first-order chi connectivity index (χ1) is 8.20.